The van der Waals surface area contributed by atoms with Gasteiger partial charge in [-0.1, -0.05) is 23.7 Å². The summed E-state index contributed by atoms with van der Waals surface area (Å²) in [6.07, 6.45) is 1.69. The number of aromatic hydroxyl groups is 1. The summed E-state index contributed by atoms with van der Waals surface area (Å²) in [5, 5.41) is 9.90. The molecule has 112 valence electrons. The average molecular weight is 317 g/mol. The van der Waals surface area contributed by atoms with Crippen LogP contribution in [0, 0.1) is 0 Å². The molecule has 0 aromatic heterocycles. The van der Waals surface area contributed by atoms with Crippen molar-refractivity contribution in [1.82, 2.24) is 0 Å². The largest absolute Gasteiger partial charge is 0.503 e. The Morgan fingerprint density at radius 2 is 2.09 bits per heavy atom. The fourth-order valence-electron chi connectivity index (χ4n) is 2.32. The summed E-state index contributed by atoms with van der Waals surface area (Å²) in [4.78, 5) is 12.5. The van der Waals surface area contributed by atoms with Crippen molar-refractivity contribution >= 4 is 23.5 Å². The summed E-state index contributed by atoms with van der Waals surface area (Å²) in [6, 6.07) is 10.3. The highest BCUT2D eigenvalue weighted by Crippen LogP contribution is 2.36. The van der Waals surface area contributed by atoms with Gasteiger partial charge in [0.25, 0.3) is 0 Å². The van der Waals surface area contributed by atoms with Crippen molar-refractivity contribution in [3.05, 3.63) is 58.1 Å². The highest BCUT2D eigenvalue weighted by atomic mass is 35.5. The van der Waals surface area contributed by atoms with E-state index in [1.807, 2.05) is 6.07 Å². The molecule has 0 saturated carbocycles. The molecule has 0 atom stereocenters. The second-order valence-electron chi connectivity index (χ2n) is 4.84. The maximum atomic E-state index is 12.5. The van der Waals surface area contributed by atoms with E-state index in [-0.39, 0.29) is 28.9 Å². The van der Waals surface area contributed by atoms with Gasteiger partial charge in [0.05, 0.1) is 17.7 Å². The third kappa shape index (κ3) is 2.53. The van der Waals surface area contributed by atoms with Gasteiger partial charge in [-0.05, 0) is 35.9 Å². The number of phenolic OH excluding ortho intramolecular Hbond substituents is 1. The lowest BCUT2D eigenvalue weighted by molar-refractivity contribution is 0.100. The Morgan fingerprint density at radius 1 is 1.32 bits per heavy atom. The van der Waals surface area contributed by atoms with Crippen molar-refractivity contribution in [2.45, 2.75) is 0 Å². The standard InChI is InChI=1S/C17H13ClO4/c1-21-15-8-10(7-13(18)17(15)20)6-11-9-22-14-5-3-2-4-12(14)16(11)19/h2-8,20H,9H2,1H3/b11-6-. The number of phenols is 1. The number of halogens is 1. The second-order valence-corrected chi connectivity index (χ2v) is 5.24. The SMILES string of the molecule is COc1cc(/C=C2/COc3ccccc3C2=O)cc(Cl)c1O. The van der Waals surface area contributed by atoms with E-state index in [4.69, 9.17) is 21.1 Å². The lowest BCUT2D eigenvalue weighted by Crippen LogP contribution is -2.18. The molecule has 0 fully saturated rings. The second kappa shape index (κ2) is 5.73. The van der Waals surface area contributed by atoms with Crippen LogP contribution < -0.4 is 9.47 Å². The Morgan fingerprint density at radius 3 is 2.86 bits per heavy atom. The van der Waals surface area contributed by atoms with Gasteiger partial charge in [-0.15, -0.1) is 0 Å². The van der Waals surface area contributed by atoms with Gasteiger partial charge >= 0.3 is 0 Å². The third-order valence-corrected chi connectivity index (χ3v) is 3.71. The first-order valence-electron chi connectivity index (χ1n) is 6.63. The van der Waals surface area contributed by atoms with E-state index < -0.39 is 0 Å². The molecule has 0 radical (unpaired) electrons. The molecule has 1 aliphatic rings. The quantitative estimate of drug-likeness (QED) is 0.858. The molecular weight excluding hydrogens is 304 g/mol. The van der Waals surface area contributed by atoms with Crippen LogP contribution in [0.2, 0.25) is 5.02 Å². The highest BCUT2D eigenvalue weighted by molar-refractivity contribution is 6.32. The number of carbonyl (C=O) groups is 1. The molecule has 0 unspecified atom stereocenters. The van der Waals surface area contributed by atoms with Crippen LogP contribution in [0.15, 0.2) is 42.0 Å². The van der Waals surface area contributed by atoms with Crippen molar-refractivity contribution in [2.75, 3.05) is 13.7 Å². The predicted octanol–water partition coefficient (Wildman–Crippen LogP) is 3.71. The van der Waals surface area contributed by atoms with Gasteiger partial charge < -0.3 is 14.6 Å². The average Bonchev–Trinajstić information content (AvgIpc) is 2.53. The number of carbonyl (C=O) groups excluding carboxylic acids is 1. The van der Waals surface area contributed by atoms with Crippen LogP contribution in [-0.4, -0.2) is 24.6 Å². The van der Waals surface area contributed by atoms with Crippen molar-refractivity contribution < 1.29 is 19.4 Å². The van der Waals surface area contributed by atoms with Crippen LogP contribution in [0.4, 0.5) is 0 Å². The molecule has 0 amide bonds. The van der Waals surface area contributed by atoms with E-state index >= 15 is 0 Å². The summed E-state index contributed by atoms with van der Waals surface area (Å²) in [5.41, 5.74) is 1.71. The molecule has 2 aromatic rings. The van der Waals surface area contributed by atoms with Gasteiger partial charge in [0.2, 0.25) is 0 Å². The molecule has 22 heavy (non-hydrogen) atoms. The summed E-state index contributed by atoms with van der Waals surface area (Å²) in [6.45, 7) is 0.191. The maximum Gasteiger partial charge on any atom is 0.196 e. The Bertz CT molecular complexity index is 780. The number of methoxy groups -OCH3 is 1. The first kappa shape index (κ1) is 14.5. The Kier molecular flexibility index (Phi) is 3.77. The molecule has 4 nitrogen and oxygen atoms in total. The van der Waals surface area contributed by atoms with Crippen LogP contribution in [0.5, 0.6) is 17.2 Å². The Hall–Kier alpha value is -2.46. The number of benzene rings is 2. The fraction of sp³-hybridized carbons (Fsp3) is 0.118. The molecule has 3 rings (SSSR count). The molecule has 0 bridgehead atoms. The van der Waals surface area contributed by atoms with Crippen LogP contribution in [0.1, 0.15) is 15.9 Å². The minimum Gasteiger partial charge on any atom is -0.503 e. The number of para-hydroxylation sites is 1. The van der Waals surface area contributed by atoms with Crippen LogP contribution in [0.3, 0.4) is 0 Å². The summed E-state index contributed by atoms with van der Waals surface area (Å²) in [7, 11) is 1.44. The van der Waals surface area contributed by atoms with E-state index in [1.165, 1.54) is 7.11 Å². The fourth-order valence-corrected chi connectivity index (χ4v) is 2.53. The smallest absolute Gasteiger partial charge is 0.196 e. The van der Waals surface area contributed by atoms with Crippen molar-refractivity contribution in [3.8, 4) is 17.2 Å². The summed E-state index contributed by atoms with van der Waals surface area (Å²) < 4.78 is 10.6. The number of ether oxygens (including phenoxy) is 2. The van der Waals surface area contributed by atoms with Crippen LogP contribution in [-0.2, 0) is 0 Å². The molecule has 5 heteroatoms. The number of hydrogen-bond acceptors (Lipinski definition) is 4. The van der Waals surface area contributed by atoms with Gasteiger partial charge in [0, 0.05) is 5.57 Å². The molecule has 0 aliphatic carbocycles. The highest BCUT2D eigenvalue weighted by Gasteiger charge is 2.22. The van der Waals surface area contributed by atoms with Crippen molar-refractivity contribution in [1.29, 1.82) is 0 Å². The van der Waals surface area contributed by atoms with E-state index in [0.29, 0.717) is 22.4 Å². The number of ketones is 1. The molecule has 0 saturated heterocycles. The van der Waals surface area contributed by atoms with Crippen molar-refractivity contribution in [2.24, 2.45) is 0 Å². The molecule has 2 aromatic carbocycles. The monoisotopic (exact) mass is 316 g/mol. The molecule has 0 spiro atoms. The first-order chi connectivity index (χ1) is 10.6. The zero-order chi connectivity index (χ0) is 15.7. The van der Waals surface area contributed by atoms with Crippen LogP contribution >= 0.6 is 11.6 Å². The molecule has 1 heterocycles. The molecular formula is C17H13ClO4. The zero-order valence-corrected chi connectivity index (χ0v) is 12.6. The van der Waals surface area contributed by atoms with Gasteiger partial charge in [-0.2, -0.15) is 0 Å². The number of Topliss-reactive ketones (excluding diaryl/α,β-unsaturated/α-hetero) is 1. The van der Waals surface area contributed by atoms with Gasteiger partial charge in [-0.3, -0.25) is 4.79 Å². The lowest BCUT2D eigenvalue weighted by atomic mass is 9.98. The number of fused-ring (bicyclic) bond motifs is 1. The Balaban J connectivity index is 2.00. The minimum absolute atomic E-state index is 0.0787. The van der Waals surface area contributed by atoms with Gasteiger partial charge in [0.1, 0.15) is 12.4 Å². The molecule has 1 aliphatic heterocycles. The van der Waals surface area contributed by atoms with E-state index in [1.54, 1.807) is 36.4 Å². The maximum absolute atomic E-state index is 12.5. The molecule has 1 N–H and O–H groups in total. The summed E-state index contributed by atoms with van der Waals surface area (Å²) >= 11 is 5.96. The predicted molar refractivity (Wildman–Crippen MR) is 83.9 cm³/mol. The minimum atomic E-state index is -0.122. The lowest BCUT2D eigenvalue weighted by Gasteiger charge is -2.18. The van der Waals surface area contributed by atoms with E-state index in [9.17, 15) is 9.90 Å². The van der Waals surface area contributed by atoms with Gasteiger partial charge in [-0.25, -0.2) is 0 Å². The third-order valence-electron chi connectivity index (χ3n) is 3.42. The number of hydrogen-bond donors (Lipinski definition) is 1. The van der Waals surface area contributed by atoms with E-state index in [2.05, 4.69) is 0 Å². The van der Waals surface area contributed by atoms with Crippen molar-refractivity contribution in [3.63, 3.8) is 0 Å². The topological polar surface area (TPSA) is 55.8 Å². The zero-order valence-electron chi connectivity index (χ0n) is 11.8. The first-order valence-corrected chi connectivity index (χ1v) is 7.01. The Labute approximate surface area is 132 Å². The van der Waals surface area contributed by atoms with Gasteiger partial charge in [0.15, 0.2) is 17.3 Å². The van der Waals surface area contributed by atoms with E-state index in [0.717, 1.165) is 0 Å². The van der Waals surface area contributed by atoms with Crippen LogP contribution in [0.25, 0.3) is 6.08 Å². The summed E-state index contributed by atoms with van der Waals surface area (Å²) in [5.74, 6) is 0.641. The normalized spacial score (nSPS) is 15.4. The number of rotatable bonds is 2.